The van der Waals surface area contributed by atoms with Gasteiger partial charge in [-0.05, 0) is 6.07 Å². The van der Waals surface area contributed by atoms with Crippen LogP contribution in [0.5, 0.6) is 0 Å². The highest BCUT2D eigenvalue weighted by Gasteiger charge is 2.31. The van der Waals surface area contributed by atoms with Gasteiger partial charge in [-0.3, -0.25) is 9.88 Å². The monoisotopic (exact) mass is 220 g/mol. The second-order valence-corrected chi connectivity index (χ2v) is 2.77. The minimum Gasteiger partial charge on any atom is -0.465 e. The zero-order valence-corrected chi connectivity index (χ0v) is 7.62. The summed E-state index contributed by atoms with van der Waals surface area (Å²) < 4.78 is 36.7. The lowest BCUT2D eigenvalue weighted by Crippen LogP contribution is -2.24. The predicted octanol–water partition coefficient (Wildman–Crippen LogP) is 2.21. The van der Waals surface area contributed by atoms with E-state index in [0.717, 1.165) is 19.3 Å². The normalized spacial score (nSPS) is 11.2. The summed E-state index contributed by atoms with van der Waals surface area (Å²) in [7, 11) is 1.14. The van der Waals surface area contributed by atoms with Crippen molar-refractivity contribution in [3.8, 4) is 0 Å². The summed E-state index contributed by atoms with van der Waals surface area (Å²) >= 11 is 0. The van der Waals surface area contributed by atoms with Crippen LogP contribution in [0.4, 0.5) is 23.7 Å². The molecule has 0 fully saturated rings. The summed E-state index contributed by atoms with van der Waals surface area (Å²) in [5.74, 6) is 0. The lowest BCUT2D eigenvalue weighted by atomic mass is 10.2. The summed E-state index contributed by atoms with van der Waals surface area (Å²) in [6, 6.07) is 0.723. The number of carbonyl (C=O) groups is 1. The molecule has 1 aromatic heterocycles. The smallest absolute Gasteiger partial charge is 0.417 e. The van der Waals surface area contributed by atoms with Crippen LogP contribution in [0.25, 0.3) is 0 Å². The number of hydrogen-bond acceptors (Lipinski definition) is 2. The van der Waals surface area contributed by atoms with Gasteiger partial charge in [-0.25, -0.2) is 4.79 Å². The van der Waals surface area contributed by atoms with Gasteiger partial charge in [0.15, 0.2) is 0 Å². The maximum atomic E-state index is 12.2. The molecule has 0 radical (unpaired) electrons. The summed E-state index contributed by atoms with van der Waals surface area (Å²) in [6.45, 7) is 0. The van der Waals surface area contributed by atoms with E-state index < -0.39 is 17.8 Å². The van der Waals surface area contributed by atoms with Gasteiger partial charge in [-0.1, -0.05) is 0 Å². The lowest BCUT2D eigenvalue weighted by Gasteiger charge is -2.14. The van der Waals surface area contributed by atoms with Crippen LogP contribution in [0.3, 0.4) is 0 Å². The van der Waals surface area contributed by atoms with E-state index in [-0.39, 0.29) is 5.69 Å². The Morgan fingerprint density at radius 1 is 1.47 bits per heavy atom. The highest BCUT2D eigenvalue weighted by atomic mass is 19.4. The number of hydrogen-bond donors (Lipinski definition) is 1. The van der Waals surface area contributed by atoms with Gasteiger partial charge in [0.25, 0.3) is 0 Å². The molecule has 7 heteroatoms. The van der Waals surface area contributed by atoms with Crippen molar-refractivity contribution in [1.29, 1.82) is 0 Å². The Labute approximate surface area is 83.0 Å². The first kappa shape index (κ1) is 11.3. The third-order valence-electron chi connectivity index (χ3n) is 1.73. The molecule has 0 spiro atoms. The van der Waals surface area contributed by atoms with Gasteiger partial charge in [0.1, 0.15) is 0 Å². The number of carboxylic acid groups (broad SMARTS) is 1. The average Bonchev–Trinajstić information content (AvgIpc) is 2.15. The fourth-order valence-electron chi connectivity index (χ4n) is 0.877. The molecule has 0 aliphatic carbocycles. The molecule has 4 nitrogen and oxygen atoms in total. The Morgan fingerprint density at radius 3 is 2.53 bits per heavy atom. The Balaban J connectivity index is 3.08. The fraction of sp³-hybridized carbons (Fsp3) is 0.250. The largest absolute Gasteiger partial charge is 0.465 e. The molecule has 15 heavy (non-hydrogen) atoms. The van der Waals surface area contributed by atoms with Crippen molar-refractivity contribution >= 4 is 11.8 Å². The summed E-state index contributed by atoms with van der Waals surface area (Å²) in [5, 5.41) is 8.55. The average molecular weight is 220 g/mol. The quantitative estimate of drug-likeness (QED) is 0.789. The number of halogens is 3. The summed E-state index contributed by atoms with van der Waals surface area (Å²) in [6.07, 6.45) is -4.19. The van der Waals surface area contributed by atoms with Gasteiger partial charge in [-0.15, -0.1) is 0 Å². The van der Waals surface area contributed by atoms with Crippen LogP contribution in [-0.2, 0) is 6.18 Å². The van der Waals surface area contributed by atoms with Crippen molar-refractivity contribution < 1.29 is 23.1 Å². The molecular formula is C8H7F3N2O2. The fourth-order valence-corrected chi connectivity index (χ4v) is 0.877. The van der Waals surface area contributed by atoms with E-state index >= 15 is 0 Å². The van der Waals surface area contributed by atoms with Crippen LogP contribution in [0.15, 0.2) is 18.5 Å². The molecule has 0 saturated carbocycles. The van der Waals surface area contributed by atoms with Crippen molar-refractivity contribution in [2.45, 2.75) is 6.18 Å². The Hall–Kier alpha value is -1.79. The van der Waals surface area contributed by atoms with E-state index in [2.05, 4.69) is 4.98 Å². The molecule has 0 saturated heterocycles. The first-order valence-electron chi connectivity index (χ1n) is 3.81. The molecule has 1 N–H and O–H groups in total. The molecule has 1 heterocycles. The van der Waals surface area contributed by atoms with Gasteiger partial charge in [-0.2, -0.15) is 13.2 Å². The number of aromatic nitrogens is 1. The van der Waals surface area contributed by atoms with E-state index in [1.165, 1.54) is 0 Å². The van der Waals surface area contributed by atoms with Crippen molar-refractivity contribution in [1.82, 2.24) is 4.98 Å². The van der Waals surface area contributed by atoms with E-state index in [1.54, 1.807) is 0 Å². The molecule has 0 aliphatic heterocycles. The molecule has 0 aromatic carbocycles. The zero-order valence-electron chi connectivity index (χ0n) is 7.62. The molecule has 0 aliphatic rings. The van der Waals surface area contributed by atoms with Gasteiger partial charge in [0.05, 0.1) is 17.4 Å². The number of alkyl halides is 3. The van der Waals surface area contributed by atoms with Crippen LogP contribution in [0.1, 0.15) is 5.56 Å². The minimum atomic E-state index is -4.53. The molecule has 0 bridgehead atoms. The topological polar surface area (TPSA) is 53.4 Å². The third-order valence-corrected chi connectivity index (χ3v) is 1.73. The van der Waals surface area contributed by atoms with Gasteiger partial charge >= 0.3 is 12.3 Å². The molecule has 82 valence electrons. The maximum Gasteiger partial charge on any atom is 0.417 e. The molecule has 1 aromatic rings. The summed E-state index contributed by atoms with van der Waals surface area (Å²) in [5.41, 5.74) is -1.11. The van der Waals surface area contributed by atoms with Gasteiger partial charge < -0.3 is 5.11 Å². The van der Waals surface area contributed by atoms with Crippen molar-refractivity contribution in [2.75, 3.05) is 11.9 Å². The molecule has 1 amide bonds. The molecule has 0 atom stereocenters. The second-order valence-electron chi connectivity index (χ2n) is 2.77. The maximum absolute atomic E-state index is 12.2. The number of rotatable bonds is 1. The number of nitrogens with zero attached hydrogens (tertiary/aromatic N) is 2. The Morgan fingerprint density at radius 2 is 2.07 bits per heavy atom. The van der Waals surface area contributed by atoms with Crippen molar-refractivity contribution in [3.63, 3.8) is 0 Å². The third kappa shape index (κ3) is 2.58. The molecule has 1 rings (SSSR count). The van der Waals surface area contributed by atoms with Crippen molar-refractivity contribution in [3.05, 3.63) is 24.0 Å². The Kier molecular flexibility index (Phi) is 2.83. The number of pyridine rings is 1. The minimum absolute atomic E-state index is 0.127. The van der Waals surface area contributed by atoms with Crippen LogP contribution in [0, 0.1) is 0 Å². The van der Waals surface area contributed by atoms with Crippen LogP contribution >= 0.6 is 0 Å². The first-order chi connectivity index (χ1) is 6.82. The van der Waals surface area contributed by atoms with Gasteiger partial charge in [0.2, 0.25) is 0 Å². The molecular weight excluding hydrogens is 213 g/mol. The molecule has 0 unspecified atom stereocenters. The lowest BCUT2D eigenvalue weighted by molar-refractivity contribution is -0.137. The van der Waals surface area contributed by atoms with Gasteiger partial charge in [0, 0.05) is 13.2 Å². The second kappa shape index (κ2) is 3.76. The van der Waals surface area contributed by atoms with E-state index in [9.17, 15) is 18.0 Å². The standard InChI is InChI=1S/C8H7F3N2O2/c1-13(7(14)15)6-2-5(3-12-4-6)8(9,10)11/h2-4H,1H3,(H,14,15). The van der Waals surface area contributed by atoms with Crippen LogP contribution in [0.2, 0.25) is 0 Å². The van der Waals surface area contributed by atoms with E-state index in [4.69, 9.17) is 5.11 Å². The number of anilines is 1. The zero-order chi connectivity index (χ0) is 11.6. The van der Waals surface area contributed by atoms with Crippen LogP contribution in [-0.4, -0.2) is 23.2 Å². The highest BCUT2D eigenvalue weighted by Crippen LogP contribution is 2.30. The Bertz CT molecular complexity index is 378. The SMILES string of the molecule is CN(C(=O)O)c1cncc(C(F)(F)F)c1. The first-order valence-corrected chi connectivity index (χ1v) is 3.81. The number of amides is 1. The predicted molar refractivity (Wildman–Crippen MR) is 45.7 cm³/mol. The highest BCUT2D eigenvalue weighted by molar-refractivity contribution is 5.85. The van der Waals surface area contributed by atoms with Crippen molar-refractivity contribution in [2.24, 2.45) is 0 Å². The van der Waals surface area contributed by atoms with E-state index in [0.29, 0.717) is 11.1 Å². The summed E-state index contributed by atoms with van der Waals surface area (Å²) in [4.78, 5) is 14.5. The van der Waals surface area contributed by atoms with Crippen LogP contribution < -0.4 is 4.90 Å². The van der Waals surface area contributed by atoms with E-state index in [1.807, 2.05) is 0 Å².